The maximum Gasteiger partial charge on any atom is 0.416 e. The molecule has 3 nitrogen and oxygen atoms in total. The van der Waals surface area contributed by atoms with E-state index in [1.165, 1.54) is 12.1 Å². The SMILES string of the molecule is O=C1CCC(c2ccc(C(F)(F)F)cc2)NC1=O. The van der Waals surface area contributed by atoms with E-state index in [1.807, 2.05) is 0 Å². The normalized spacial score (nSPS) is 20.7. The van der Waals surface area contributed by atoms with Gasteiger partial charge in [-0.1, -0.05) is 12.1 Å². The topological polar surface area (TPSA) is 46.2 Å². The van der Waals surface area contributed by atoms with Gasteiger partial charge in [-0.05, 0) is 24.1 Å². The number of hydrogen-bond donors (Lipinski definition) is 1. The largest absolute Gasteiger partial charge is 0.416 e. The van der Waals surface area contributed by atoms with E-state index < -0.39 is 29.5 Å². The third kappa shape index (κ3) is 2.52. The van der Waals surface area contributed by atoms with Crippen molar-refractivity contribution in [3.63, 3.8) is 0 Å². The van der Waals surface area contributed by atoms with Crippen LogP contribution in [0.4, 0.5) is 13.2 Å². The van der Waals surface area contributed by atoms with Gasteiger partial charge in [0.25, 0.3) is 5.91 Å². The van der Waals surface area contributed by atoms with Crippen molar-refractivity contribution in [2.24, 2.45) is 0 Å². The van der Waals surface area contributed by atoms with E-state index in [-0.39, 0.29) is 6.42 Å². The number of amides is 1. The van der Waals surface area contributed by atoms with E-state index in [0.29, 0.717) is 12.0 Å². The summed E-state index contributed by atoms with van der Waals surface area (Å²) in [6.45, 7) is 0. The third-order valence-corrected chi connectivity index (χ3v) is 2.86. The number of carbonyl (C=O) groups is 2. The Morgan fingerprint density at radius 1 is 1.11 bits per heavy atom. The molecule has 2 rings (SSSR count). The zero-order valence-electron chi connectivity index (χ0n) is 9.25. The number of hydrogen-bond acceptors (Lipinski definition) is 2. The Hall–Kier alpha value is -1.85. The molecule has 1 fully saturated rings. The van der Waals surface area contributed by atoms with Crippen LogP contribution >= 0.6 is 0 Å². The van der Waals surface area contributed by atoms with Crippen molar-refractivity contribution in [2.75, 3.05) is 0 Å². The number of nitrogens with one attached hydrogen (secondary N) is 1. The lowest BCUT2D eigenvalue weighted by Crippen LogP contribution is -2.39. The number of benzene rings is 1. The van der Waals surface area contributed by atoms with Crippen LogP contribution in [0.1, 0.15) is 30.0 Å². The summed E-state index contributed by atoms with van der Waals surface area (Å²) in [5, 5.41) is 2.47. The molecule has 6 heteroatoms. The van der Waals surface area contributed by atoms with E-state index in [1.54, 1.807) is 0 Å². The lowest BCUT2D eigenvalue weighted by atomic mass is 9.96. The minimum Gasteiger partial charge on any atom is -0.343 e. The zero-order chi connectivity index (χ0) is 13.3. The molecule has 1 heterocycles. The summed E-state index contributed by atoms with van der Waals surface area (Å²) in [5.74, 6) is -1.16. The molecule has 0 radical (unpaired) electrons. The molecule has 1 aliphatic rings. The Morgan fingerprint density at radius 3 is 2.22 bits per heavy atom. The van der Waals surface area contributed by atoms with Crippen molar-refractivity contribution in [3.8, 4) is 0 Å². The fourth-order valence-electron chi connectivity index (χ4n) is 1.85. The highest BCUT2D eigenvalue weighted by atomic mass is 19.4. The first-order valence-corrected chi connectivity index (χ1v) is 5.39. The van der Waals surface area contributed by atoms with Crippen LogP contribution in [0.25, 0.3) is 0 Å². The summed E-state index contributed by atoms with van der Waals surface area (Å²) in [4.78, 5) is 22.2. The molecule has 1 unspecified atom stereocenters. The van der Waals surface area contributed by atoms with Crippen molar-refractivity contribution in [2.45, 2.75) is 25.1 Å². The van der Waals surface area contributed by atoms with E-state index in [2.05, 4.69) is 5.32 Å². The van der Waals surface area contributed by atoms with Crippen molar-refractivity contribution in [1.29, 1.82) is 0 Å². The first kappa shape index (κ1) is 12.6. The smallest absolute Gasteiger partial charge is 0.343 e. The van der Waals surface area contributed by atoms with Gasteiger partial charge in [0.15, 0.2) is 0 Å². The predicted octanol–water partition coefficient (Wildman–Crippen LogP) is 2.23. The zero-order valence-corrected chi connectivity index (χ0v) is 9.25. The molecule has 0 aromatic heterocycles. The van der Waals surface area contributed by atoms with Crippen LogP contribution in [-0.4, -0.2) is 11.7 Å². The minimum absolute atomic E-state index is 0.123. The van der Waals surface area contributed by atoms with Crippen molar-refractivity contribution >= 4 is 11.7 Å². The second-order valence-electron chi connectivity index (χ2n) is 4.11. The molecule has 0 bridgehead atoms. The first-order chi connectivity index (χ1) is 8.38. The Labute approximate surface area is 101 Å². The highest BCUT2D eigenvalue weighted by molar-refractivity contribution is 6.36. The summed E-state index contributed by atoms with van der Waals surface area (Å²) in [5.41, 5.74) is -0.159. The molecule has 1 aromatic carbocycles. The first-order valence-electron chi connectivity index (χ1n) is 5.39. The third-order valence-electron chi connectivity index (χ3n) is 2.86. The quantitative estimate of drug-likeness (QED) is 0.784. The van der Waals surface area contributed by atoms with E-state index in [0.717, 1.165) is 12.1 Å². The monoisotopic (exact) mass is 257 g/mol. The number of ketones is 1. The summed E-state index contributed by atoms with van der Waals surface area (Å²) in [6.07, 6.45) is -3.84. The fraction of sp³-hybridized carbons (Fsp3) is 0.333. The molecule has 1 amide bonds. The standard InChI is InChI=1S/C12H10F3NO2/c13-12(14,15)8-3-1-7(2-4-8)9-5-6-10(17)11(18)16-9/h1-4,9H,5-6H2,(H,16,18). The number of rotatable bonds is 1. The van der Waals surface area contributed by atoms with Crippen LogP contribution < -0.4 is 5.32 Å². The van der Waals surface area contributed by atoms with Gasteiger partial charge in [-0.3, -0.25) is 9.59 Å². The molecular formula is C12H10F3NO2. The molecule has 1 N–H and O–H groups in total. The van der Waals surface area contributed by atoms with Crippen LogP contribution in [0.5, 0.6) is 0 Å². The molecular weight excluding hydrogens is 247 g/mol. The maximum atomic E-state index is 12.4. The summed E-state index contributed by atoms with van der Waals surface area (Å²) in [7, 11) is 0. The van der Waals surface area contributed by atoms with Gasteiger partial charge in [0.2, 0.25) is 5.78 Å². The maximum absolute atomic E-state index is 12.4. The predicted molar refractivity (Wildman–Crippen MR) is 56.6 cm³/mol. The molecule has 1 atom stereocenters. The van der Waals surface area contributed by atoms with Gasteiger partial charge in [-0.25, -0.2) is 0 Å². The summed E-state index contributed by atoms with van der Waals surface area (Å²) < 4.78 is 37.1. The number of alkyl halides is 3. The molecule has 96 valence electrons. The number of carbonyl (C=O) groups excluding carboxylic acids is 2. The van der Waals surface area contributed by atoms with Gasteiger partial charge in [-0.2, -0.15) is 13.2 Å². The molecule has 18 heavy (non-hydrogen) atoms. The highest BCUT2D eigenvalue weighted by Crippen LogP contribution is 2.30. The van der Waals surface area contributed by atoms with E-state index in [9.17, 15) is 22.8 Å². The van der Waals surface area contributed by atoms with Crippen LogP contribution in [0.15, 0.2) is 24.3 Å². The fourth-order valence-corrected chi connectivity index (χ4v) is 1.85. The molecule has 1 aliphatic heterocycles. The van der Waals surface area contributed by atoms with Gasteiger partial charge in [0.05, 0.1) is 11.6 Å². The van der Waals surface area contributed by atoms with Gasteiger partial charge in [0, 0.05) is 6.42 Å². The van der Waals surface area contributed by atoms with Crippen molar-refractivity contribution < 1.29 is 22.8 Å². The van der Waals surface area contributed by atoms with Gasteiger partial charge in [0.1, 0.15) is 0 Å². The van der Waals surface area contributed by atoms with Crippen LogP contribution in [0.3, 0.4) is 0 Å². The molecule has 0 aliphatic carbocycles. The van der Waals surface area contributed by atoms with E-state index in [4.69, 9.17) is 0 Å². The summed E-state index contributed by atoms with van der Waals surface area (Å²) in [6, 6.07) is 4.20. The number of halogens is 3. The average Bonchev–Trinajstić information content (AvgIpc) is 2.32. The van der Waals surface area contributed by atoms with E-state index >= 15 is 0 Å². The van der Waals surface area contributed by atoms with Crippen LogP contribution in [-0.2, 0) is 15.8 Å². The van der Waals surface area contributed by atoms with Crippen LogP contribution in [0, 0.1) is 0 Å². The molecule has 1 saturated heterocycles. The lowest BCUT2D eigenvalue weighted by molar-refractivity contribution is -0.140. The van der Waals surface area contributed by atoms with Gasteiger partial charge < -0.3 is 5.32 Å². The Morgan fingerprint density at radius 2 is 1.72 bits per heavy atom. The Kier molecular flexibility index (Phi) is 3.11. The Balaban J connectivity index is 2.15. The lowest BCUT2D eigenvalue weighted by Gasteiger charge is -2.23. The van der Waals surface area contributed by atoms with Crippen LogP contribution in [0.2, 0.25) is 0 Å². The highest BCUT2D eigenvalue weighted by Gasteiger charge is 2.31. The van der Waals surface area contributed by atoms with Crippen molar-refractivity contribution in [1.82, 2.24) is 5.32 Å². The summed E-state index contributed by atoms with van der Waals surface area (Å²) >= 11 is 0. The number of piperidine rings is 1. The molecule has 1 aromatic rings. The minimum atomic E-state index is -4.37. The molecule has 0 saturated carbocycles. The average molecular weight is 257 g/mol. The van der Waals surface area contributed by atoms with Crippen molar-refractivity contribution in [3.05, 3.63) is 35.4 Å². The second-order valence-corrected chi connectivity index (χ2v) is 4.11. The second kappa shape index (κ2) is 4.44. The Bertz CT molecular complexity index is 479. The number of Topliss-reactive ketones (excluding diaryl/α,β-unsaturated/α-hetero) is 1. The van der Waals surface area contributed by atoms with Gasteiger partial charge in [-0.15, -0.1) is 0 Å². The molecule has 0 spiro atoms. The van der Waals surface area contributed by atoms with Gasteiger partial charge >= 0.3 is 6.18 Å².